The Labute approximate surface area is 107 Å². The summed E-state index contributed by atoms with van der Waals surface area (Å²) in [6.45, 7) is 3.61. The number of fused-ring (bicyclic) bond motifs is 1. The van der Waals surface area contributed by atoms with Gasteiger partial charge in [0.2, 0.25) is 0 Å². The van der Waals surface area contributed by atoms with E-state index in [9.17, 15) is 0 Å². The van der Waals surface area contributed by atoms with E-state index in [0.29, 0.717) is 25.9 Å². The number of epoxide rings is 1. The van der Waals surface area contributed by atoms with Gasteiger partial charge in [0, 0.05) is 0 Å². The zero-order valence-electron chi connectivity index (χ0n) is 10.5. The second-order valence-corrected chi connectivity index (χ2v) is 5.74. The van der Waals surface area contributed by atoms with Gasteiger partial charge in [0.25, 0.3) is 0 Å². The third-order valence-corrected chi connectivity index (χ3v) is 4.10. The smallest absolute Gasteiger partial charge is 0.115 e. The molecular weight excluding hydrogens is 236 g/mol. The molecule has 0 amide bonds. The first kappa shape index (κ1) is 11.6. The van der Waals surface area contributed by atoms with Gasteiger partial charge in [-0.15, -0.1) is 0 Å². The molecule has 18 heavy (non-hydrogen) atoms. The predicted octanol–water partition coefficient (Wildman–Crippen LogP) is 0.363. The lowest BCUT2D eigenvalue weighted by Crippen LogP contribution is -2.34. The zero-order chi connectivity index (χ0) is 11.9. The first-order valence-electron chi connectivity index (χ1n) is 6.98. The number of hydrogen-bond donors (Lipinski definition) is 0. The fraction of sp³-hybridized carbons (Fsp3) is 1.00. The molecule has 0 aromatic carbocycles. The molecule has 3 saturated heterocycles. The van der Waals surface area contributed by atoms with Crippen molar-refractivity contribution in [2.45, 2.75) is 43.4 Å². The highest BCUT2D eigenvalue weighted by molar-refractivity contribution is 4.96. The van der Waals surface area contributed by atoms with Crippen molar-refractivity contribution in [1.29, 1.82) is 0 Å². The third-order valence-electron chi connectivity index (χ3n) is 4.10. The molecule has 5 heteroatoms. The Hall–Kier alpha value is -0.200. The predicted molar refractivity (Wildman–Crippen MR) is 61.4 cm³/mol. The molecule has 102 valence electrons. The van der Waals surface area contributed by atoms with Crippen molar-refractivity contribution in [2.24, 2.45) is 5.92 Å². The van der Waals surface area contributed by atoms with E-state index in [1.807, 2.05) is 0 Å². The highest BCUT2D eigenvalue weighted by Gasteiger charge is 2.49. The molecule has 5 nitrogen and oxygen atoms in total. The van der Waals surface area contributed by atoms with Gasteiger partial charge in [0.05, 0.1) is 33.0 Å². The molecule has 4 aliphatic rings. The van der Waals surface area contributed by atoms with E-state index < -0.39 is 0 Å². The van der Waals surface area contributed by atoms with Crippen LogP contribution in [0.4, 0.5) is 0 Å². The largest absolute Gasteiger partial charge is 0.373 e. The number of rotatable bonds is 6. The molecule has 0 radical (unpaired) electrons. The molecule has 0 bridgehead atoms. The van der Waals surface area contributed by atoms with Crippen LogP contribution in [0.5, 0.6) is 0 Å². The zero-order valence-corrected chi connectivity index (χ0v) is 10.5. The van der Waals surface area contributed by atoms with Gasteiger partial charge >= 0.3 is 0 Å². The van der Waals surface area contributed by atoms with Crippen LogP contribution in [-0.4, -0.2) is 63.6 Å². The molecule has 5 atom stereocenters. The second kappa shape index (κ2) is 4.72. The van der Waals surface area contributed by atoms with Gasteiger partial charge in [-0.3, -0.25) is 0 Å². The van der Waals surface area contributed by atoms with E-state index in [2.05, 4.69) is 0 Å². The second-order valence-electron chi connectivity index (χ2n) is 5.74. The fourth-order valence-electron chi connectivity index (χ4n) is 2.65. The van der Waals surface area contributed by atoms with Gasteiger partial charge in [-0.1, -0.05) is 0 Å². The van der Waals surface area contributed by atoms with E-state index in [4.69, 9.17) is 23.7 Å². The fourth-order valence-corrected chi connectivity index (χ4v) is 2.65. The average Bonchev–Trinajstić information content (AvgIpc) is 3.28. The Bertz CT molecular complexity index is 272. The maximum absolute atomic E-state index is 5.90. The Morgan fingerprint density at radius 2 is 1.39 bits per heavy atom. The molecule has 4 rings (SSSR count). The number of ether oxygens (including phenoxy) is 5. The standard InChI is InChI=1S/C13H20O5/c1-2-8(1)3-15-10-6-17-13-11(7-18-12(10)13)16-5-9-4-14-9/h8-13H,1-7H2. The molecule has 1 aliphatic carbocycles. The highest BCUT2D eigenvalue weighted by atomic mass is 16.7. The van der Waals surface area contributed by atoms with Crippen LogP contribution in [0.15, 0.2) is 0 Å². The minimum atomic E-state index is 0.0490. The molecule has 4 fully saturated rings. The summed E-state index contributed by atoms with van der Waals surface area (Å²) in [5.41, 5.74) is 0. The van der Waals surface area contributed by atoms with Crippen molar-refractivity contribution in [1.82, 2.24) is 0 Å². The molecule has 5 unspecified atom stereocenters. The normalized spacial score (nSPS) is 46.3. The first-order chi connectivity index (χ1) is 8.90. The molecule has 3 aliphatic heterocycles. The molecule has 0 aromatic rings. The van der Waals surface area contributed by atoms with Crippen LogP contribution in [0.25, 0.3) is 0 Å². The van der Waals surface area contributed by atoms with Crippen molar-refractivity contribution in [2.75, 3.05) is 33.0 Å². The molecular formula is C13H20O5. The summed E-state index contributed by atoms with van der Waals surface area (Å²) in [5.74, 6) is 0.782. The lowest BCUT2D eigenvalue weighted by Gasteiger charge is -2.17. The van der Waals surface area contributed by atoms with Gasteiger partial charge in [-0.25, -0.2) is 0 Å². The Morgan fingerprint density at radius 1 is 0.778 bits per heavy atom. The summed E-state index contributed by atoms with van der Waals surface area (Å²) in [4.78, 5) is 0. The van der Waals surface area contributed by atoms with Crippen LogP contribution in [0.3, 0.4) is 0 Å². The van der Waals surface area contributed by atoms with Gasteiger partial charge < -0.3 is 23.7 Å². The van der Waals surface area contributed by atoms with E-state index in [-0.39, 0.29) is 24.4 Å². The lowest BCUT2D eigenvalue weighted by molar-refractivity contribution is -0.0539. The van der Waals surface area contributed by atoms with Crippen molar-refractivity contribution in [3.8, 4) is 0 Å². The van der Waals surface area contributed by atoms with Gasteiger partial charge in [-0.2, -0.15) is 0 Å². The Morgan fingerprint density at radius 3 is 1.94 bits per heavy atom. The third kappa shape index (κ3) is 2.42. The SMILES string of the molecule is C1CC1COC1COC2C(OCC3CO3)COC12. The van der Waals surface area contributed by atoms with Crippen molar-refractivity contribution in [3.63, 3.8) is 0 Å². The van der Waals surface area contributed by atoms with E-state index in [0.717, 1.165) is 19.1 Å². The van der Waals surface area contributed by atoms with Crippen LogP contribution < -0.4 is 0 Å². The lowest BCUT2D eigenvalue weighted by atomic mass is 10.1. The first-order valence-corrected chi connectivity index (χ1v) is 6.98. The van der Waals surface area contributed by atoms with Gasteiger partial charge in [0.1, 0.15) is 30.5 Å². The van der Waals surface area contributed by atoms with Crippen LogP contribution in [0.2, 0.25) is 0 Å². The van der Waals surface area contributed by atoms with Gasteiger partial charge in [-0.05, 0) is 18.8 Å². The monoisotopic (exact) mass is 256 g/mol. The molecule has 0 spiro atoms. The van der Waals surface area contributed by atoms with Crippen LogP contribution in [0.1, 0.15) is 12.8 Å². The van der Waals surface area contributed by atoms with Crippen molar-refractivity contribution >= 4 is 0 Å². The summed E-state index contributed by atoms with van der Waals surface area (Å²) >= 11 is 0. The number of hydrogen-bond acceptors (Lipinski definition) is 5. The van der Waals surface area contributed by atoms with E-state index in [1.54, 1.807) is 0 Å². The average molecular weight is 256 g/mol. The van der Waals surface area contributed by atoms with Crippen LogP contribution >= 0.6 is 0 Å². The summed E-state index contributed by atoms with van der Waals surface area (Å²) in [5, 5.41) is 0. The molecule has 0 N–H and O–H groups in total. The van der Waals surface area contributed by atoms with E-state index in [1.165, 1.54) is 12.8 Å². The van der Waals surface area contributed by atoms with Gasteiger partial charge in [0.15, 0.2) is 0 Å². The minimum absolute atomic E-state index is 0.0490. The summed E-state index contributed by atoms with van der Waals surface area (Å²) in [6.07, 6.45) is 3.19. The van der Waals surface area contributed by atoms with Crippen LogP contribution in [-0.2, 0) is 23.7 Å². The maximum Gasteiger partial charge on any atom is 0.115 e. The molecule has 3 heterocycles. The topological polar surface area (TPSA) is 49.5 Å². The van der Waals surface area contributed by atoms with Crippen molar-refractivity contribution < 1.29 is 23.7 Å². The summed E-state index contributed by atoms with van der Waals surface area (Å²) in [6, 6.07) is 0. The van der Waals surface area contributed by atoms with Crippen molar-refractivity contribution in [3.05, 3.63) is 0 Å². The summed E-state index contributed by atoms with van der Waals surface area (Å²) in [7, 11) is 0. The Balaban J connectivity index is 1.27. The van der Waals surface area contributed by atoms with E-state index >= 15 is 0 Å². The highest BCUT2D eigenvalue weighted by Crippen LogP contribution is 2.34. The molecule has 0 aromatic heterocycles. The minimum Gasteiger partial charge on any atom is -0.373 e. The quantitative estimate of drug-likeness (QED) is 0.642. The molecule has 1 saturated carbocycles. The maximum atomic E-state index is 5.90. The van der Waals surface area contributed by atoms with Crippen LogP contribution in [0, 0.1) is 5.92 Å². The summed E-state index contributed by atoms with van der Waals surface area (Å²) < 4.78 is 28.4. The Kier molecular flexibility index (Phi) is 3.05.